The molecule has 3 atom stereocenters. The molecule has 0 radical (unpaired) electrons. The Bertz CT molecular complexity index is 617. The Morgan fingerprint density at radius 2 is 2.14 bits per heavy atom. The van der Waals surface area contributed by atoms with E-state index in [1.807, 2.05) is 20.3 Å². The second-order valence-electron chi connectivity index (χ2n) is 6.02. The number of hydrogen-bond acceptors (Lipinski definition) is 2. The molecule has 0 spiro atoms. The quantitative estimate of drug-likeness (QED) is 0.844. The maximum Gasteiger partial charge on any atom is 0.230 e. The van der Waals surface area contributed by atoms with Crippen LogP contribution in [-0.2, 0) is 4.79 Å². The number of fused-ring (bicyclic) bond motifs is 1. The first-order valence-electron chi connectivity index (χ1n) is 7.55. The second kappa shape index (κ2) is 5.40. The SMILES string of the molecule is CNc1cccc(C2=CN(C)C(=O)C3C(C)C=CCC23)c1. The average Bonchev–Trinajstić information content (AvgIpc) is 2.51. The third-order valence-corrected chi connectivity index (χ3v) is 4.68. The fourth-order valence-corrected chi connectivity index (χ4v) is 3.54. The molecule has 0 fully saturated rings. The average molecular weight is 282 g/mol. The lowest BCUT2D eigenvalue weighted by molar-refractivity contribution is -0.135. The minimum Gasteiger partial charge on any atom is -0.388 e. The Hall–Kier alpha value is -2.03. The van der Waals surface area contributed by atoms with Crippen LogP contribution in [0.25, 0.3) is 5.57 Å². The maximum atomic E-state index is 12.5. The minimum absolute atomic E-state index is 0.0678. The number of carbonyl (C=O) groups is 1. The van der Waals surface area contributed by atoms with E-state index < -0.39 is 0 Å². The standard InChI is InChI=1S/C18H22N2O/c1-12-6-4-9-15-16(11-20(3)18(21)17(12)15)13-7-5-8-14(10-13)19-2/h4-8,10-12,15,17,19H,9H2,1-3H3. The normalized spacial score (nSPS) is 28.1. The zero-order valence-corrected chi connectivity index (χ0v) is 12.8. The van der Waals surface area contributed by atoms with Gasteiger partial charge in [-0.1, -0.05) is 31.2 Å². The van der Waals surface area contributed by atoms with Crippen molar-refractivity contribution < 1.29 is 4.79 Å². The molecule has 1 amide bonds. The Kier molecular flexibility index (Phi) is 3.58. The molecule has 1 N–H and O–H groups in total. The van der Waals surface area contributed by atoms with Crippen molar-refractivity contribution in [3.63, 3.8) is 0 Å². The molecule has 0 aromatic heterocycles. The first-order chi connectivity index (χ1) is 10.1. The van der Waals surface area contributed by atoms with Gasteiger partial charge in [0.05, 0.1) is 5.92 Å². The van der Waals surface area contributed by atoms with Gasteiger partial charge in [-0.05, 0) is 35.6 Å². The third kappa shape index (κ3) is 2.37. The van der Waals surface area contributed by atoms with E-state index >= 15 is 0 Å². The molecule has 0 saturated carbocycles. The van der Waals surface area contributed by atoms with Crippen LogP contribution in [0.4, 0.5) is 5.69 Å². The highest BCUT2D eigenvalue weighted by Gasteiger charge is 2.40. The van der Waals surface area contributed by atoms with Gasteiger partial charge in [-0.2, -0.15) is 0 Å². The molecular weight excluding hydrogens is 260 g/mol. The Balaban J connectivity index is 2.05. The second-order valence-corrected chi connectivity index (χ2v) is 6.02. The lowest BCUT2D eigenvalue weighted by atomic mass is 9.69. The molecule has 2 aliphatic rings. The number of carbonyl (C=O) groups excluding carboxylic acids is 1. The molecule has 0 bridgehead atoms. The van der Waals surface area contributed by atoms with Crippen LogP contribution in [0.3, 0.4) is 0 Å². The predicted octanol–water partition coefficient (Wildman–Crippen LogP) is 3.37. The van der Waals surface area contributed by atoms with Crippen molar-refractivity contribution >= 4 is 17.2 Å². The largest absolute Gasteiger partial charge is 0.388 e. The van der Waals surface area contributed by atoms with Gasteiger partial charge >= 0.3 is 0 Å². The predicted molar refractivity (Wildman–Crippen MR) is 86.6 cm³/mol. The van der Waals surface area contributed by atoms with E-state index in [1.54, 1.807) is 4.90 Å². The van der Waals surface area contributed by atoms with Gasteiger partial charge in [0.1, 0.15) is 0 Å². The Morgan fingerprint density at radius 3 is 2.90 bits per heavy atom. The zero-order chi connectivity index (χ0) is 15.0. The van der Waals surface area contributed by atoms with Gasteiger partial charge < -0.3 is 10.2 Å². The molecule has 1 aliphatic heterocycles. The summed E-state index contributed by atoms with van der Waals surface area (Å²) in [4.78, 5) is 14.3. The highest BCUT2D eigenvalue weighted by atomic mass is 16.2. The molecule has 1 heterocycles. The van der Waals surface area contributed by atoms with E-state index in [9.17, 15) is 4.79 Å². The molecule has 1 aromatic carbocycles. The number of benzene rings is 1. The topological polar surface area (TPSA) is 32.3 Å². The summed E-state index contributed by atoms with van der Waals surface area (Å²) in [7, 11) is 3.80. The number of nitrogens with one attached hydrogen (secondary N) is 1. The van der Waals surface area contributed by atoms with E-state index in [0.717, 1.165) is 12.1 Å². The van der Waals surface area contributed by atoms with Crippen LogP contribution in [0.15, 0.2) is 42.6 Å². The van der Waals surface area contributed by atoms with Crippen molar-refractivity contribution in [2.45, 2.75) is 13.3 Å². The summed E-state index contributed by atoms with van der Waals surface area (Å²) in [5.74, 6) is 0.902. The lowest BCUT2D eigenvalue weighted by Gasteiger charge is -2.40. The Labute approximate surface area is 126 Å². The van der Waals surface area contributed by atoms with Crippen molar-refractivity contribution in [1.82, 2.24) is 4.90 Å². The van der Waals surface area contributed by atoms with Crippen molar-refractivity contribution in [3.05, 3.63) is 48.2 Å². The fraction of sp³-hybridized carbons (Fsp3) is 0.389. The van der Waals surface area contributed by atoms with Crippen LogP contribution in [-0.4, -0.2) is 24.9 Å². The Morgan fingerprint density at radius 1 is 1.33 bits per heavy atom. The number of hydrogen-bond donors (Lipinski definition) is 1. The molecule has 3 nitrogen and oxygen atoms in total. The van der Waals surface area contributed by atoms with Gasteiger partial charge in [0.15, 0.2) is 0 Å². The summed E-state index contributed by atoms with van der Waals surface area (Å²) >= 11 is 0. The number of nitrogens with zero attached hydrogens (tertiary/aromatic N) is 1. The van der Waals surface area contributed by atoms with Gasteiger partial charge in [0.2, 0.25) is 5.91 Å². The molecule has 3 rings (SSSR count). The van der Waals surface area contributed by atoms with E-state index in [-0.39, 0.29) is 11.8 Å². The number of amides is 1. The summed E-state index contributed by atoms with van der Waals surface area (Å²) in [6, 6.07) is 8.42. The van der Waals surface area contributed by atoms with Gasteiger partial charge in [0.25, 0.3) is 0 Å². The van der Waals surface area contributed by atoms with Gasteiger partial charge in [-0.15, -0.1) is 0 Å². The smallest absolute Gasteiger partial charge is 0.230 e. The molecule has 1 aromatic rings. The summed E-state index contributed by atoms with van der Waals surface area (Å²) in [5.41, 5.74) is 3.58. The fourth-order valence-electron chi connectivity index (χ4n) is 3.54. The van der Waals surface area contributed by atoms with Crippen LogP contribution in [0.1, 0.15) is 18.9 Å². The maximum absolute atomic E-state index is 12.5. The molecule has 3 heteroatoms. The highest BCUT2D eigenvalue weighted by molar-refractivity contribution is 5.88. The van der Waals surface area contributed by atoms with Gasteiger partial charge in [0, 0.05) is 31.9 Å². The van der Waals surface area contributed by atoms with E-state index in [4.69, 9.17) is 0 Å². The summed E-state index contributed by atoms with van der Waals surface area (Å²) in [6.07, 6.45) is 7.37. The van der Waals surface area contributed by atoms with Crippen molar-refractivity contribution in [3.8, 4) is 0 Å². The summed E-state index contributed by atoms with van der Waals surface area (Å²) in [6.45, 7) is 2.14. The van der Waals surface area contributed by atoms with E-state index in [0.29, 0.717) is 11.8 Å². The van der Waals surface area contributed by atoms with Crippen LogP contribution < -0.4 is 5.32 Å². The van der Waals surface area contributed by atoms with E-state index in [2.05, 4.69) is 48.7 Å². The molecule has 3 unspecified atom stereocenters. The van der Waals surface area contributed by atoms with E-state index in [1.165, 1.54) is 11.1 Å². The first-order valence-corrected chi connectivity index (χ1v) is 7.55. The number of anilines is 1. The molecule has 1 aliphatic carbocycles. The van der Waals surface area contributed by atoms with Crippen LogP contribution >= 0.6 is 0 Å². The first kappa shape index (κ1) is 13.9. The van der Waals surface area contributed by atoms with Gasteiger partial charge in [-0.25, -0.2) is 0 Å². The van der Waals surface area contributed by atoms with Gasteiger partial charge in [-0.3, -0.25) is 4.79 Å². The summed E-state index contributed by atoms with van der Waals surface area (Å²) < 4.78 is 0. The number of rotatable bonds is 2. The van der Waals surface area contributed by atoms with Crippen molar-refractivity contribution in [1.29, 1.82) is 0 Å². The molecular formula is C18H22N2O. The highest BCUT2D eigenvalue weighted by Crippen LogP contribution is 2.43. The van der Waals surface area contributed by atoms with Crippen LogP contribution in [0.2, 0.25) is 0 Å². The molecule has 21 heavy (non-hydrogen) atoms. The minimum atomic E-state index is 0.0678. The molecule has 110 valence electrons. The lowest BCUT2D eigenvalue weighted by Crippen LogP contribution is -2.42. The summed E-state index contributed by atoms with van der Waals surface area (Å²) in [5, 5.41) is 3.19. The van der Waals surface area contributed by atoms with Crippen LogP contribution in [0.5, 0.6) is 0 Å². The zero-order valence-electron chi connectivity index (χ0n) is 12.8. The molecule has 0 saturated heterocycles. The van der Waals surface area contributed by atoms with Crippen LogP contribution in [0, 0.1) is 17.8 Å². The van der Waals surface area contributed by atoms with Crippen molar-refractivity contribution in [2.24, 2.45) is 17.8 Å². The monoisotopic (exact) mass is 282 g/mol. The number of allylic oxidation sites excluding steroid dienone is 3. The van der Waals surface area contributed by atoms with Crippen molar-refractivity contribution in [2.75, 3.05) is 19.4 Å². The third-order valence-electron chi connectivity index (χ3n) is 4.68.